The molecule has 5 heteroatoms. The molecule has 0 aliphatic heterocycles. The van der Waals surface area contributed by atoms with E-state index in [0.29, 0.717) is 16.5 Å². The molecule has 1 aliphatic rings. The molecule has 1 fully saturated rings. The van der Waals surface area contributed by atoms with Crippen molar-refractivity contribution in [1.82, 2.24) is 10.3 Å². The number of aromatic nitrogens is 1. The molecule has 1 aliphatic carbocycles. The summed E-state index contributed by atoms with van der Waals surface area (Å²) in [5.41, 5.74) is 2.16. The Morgan fingerprint density at radius 3 is 2.67 bits per heavy atom. The van der Waals surface area contributed by atoms with Gasteiger partial charge < -0.3 is 10.4 Å². The van der Waals surface area contributed by atoms with E-state index in [1.165, 1.54) is 0 Å². The molecule has 1 amide bonds. The summed E-state index contributed by atoms with van der Waals surface area (Å²) in [5.74, 6) is 0.222. The molecule has 0 saturated heterocycles. The van der Waals surface area contributed by atoms with Gasteiger partial charge in [0.25, 0.3) is 5.91 Å². The highest BCUT2D eigenvalue weighted by Crippen LogP contribution is 2.26. The van der Waals surface area contributed by atoms with E-state index < -0.39 is 0 Å². The number of nitrogens with zero attached hydrogens (tertiary/aromatic N) is 1. The van der Waals surface area contributed by atoms with Crippen molar-refractivity contribution in [1.29, 1.82) is 0 Å². The molecule has 0 spiro atoms. The monoisotopic (exact) mass is 344 g/mol. The number of hydrogen-bond acceptors (Lipinski definition) is 3. The second kappa shape index (κ2) is 7.77. The van der Waals surface area contributed by atoms with Crippen molar-refractivity contribution in [3.63, 3.8) is 0 Å². The van der Waals surface area contributed by atoms with Crippen molar-refractivity contribution >= 4 is 17.5 Å². The van der Waals surface area contributed by atoms with Crippen LogP contribution in [0.3, 0.4) is 0 Å². The highest BCUT2D eigenvalue weighted by atomic mass is 35.5. The zero-order valence-corrected chi connectivity index (χ0v) is 14.2. The Kier molecular flexibility index (Phi) is 5.48. The van der Waals surface area contributed by atoms with Gasteiger partial charge >= 0.3 is 0 Å². The second-order valence-electron chi connectivity index (χ2n) is 6.28. The summed E-state index contributed by atoms with van der Waals surface area (Å²) >= 11 is 6.23. The molecule has 4 nitrogen and oxygen atoms in total. The highest BCUT2D eigenvalue weighted by Gasteiger charge is 2.23. The van der Waals surface area contributed by atoms with Crippen molar-refractivity contribution in [2.45, 2.75) is 31.7 Å². The highest BCUT2D eigenvalue weighted by molar-refractivity contribution is 6.34. The lowest BCUT2D eigenvalue weighted by atomic mass is 9.86. The summed E-state index contributed by atoms with van der Waals surface area (Å²) in [6.07, 6.45) is 5.42. The van der Waals surface area contributed by atoms with Crippen LogP contribution >= 0.6 is 11.6 Å². The third-order valence-corrected chi connectivity index (χ3v) is 4.94. The van der Waals surface area contributed by atoms with Crippen LogP contribution < -0.4 is 5.32 Å². The lowest BCUT2D eigenvalue weighted by Crippen LogP contribution is -2.38. The minimum atomic E-state index is -0.148. The van der Waals surface area contributed by atoms with Crippen LogP contribution in [0.15, 0.2) is 42.6 Å². The number of benzene rings is 1. The summed E-state index contributed by atoms with van der Waals surface area (Å²) in [5, 5.41) is 12.7. The Bertz CT molecular complexity index is 698. The Morgan fingerprint density at radius 1 is 1.21 bits per heavy atom. The maximum Gasteiger partial charge on any atom is 0.253 e. The fourth-order valence-electron chi connectivity index (χ4n) is 3.14. The second-order valence-corrected chi connectivity index (χ2v) is 6.69. The van der Waals surface area contributed by atoms with Gasteiger partial charge in [-0.3, -0.25) is 9.78 Å². The SMILES string of the molecule is O=C(NC1CCC(CO)CC1)c1cc(-c2ccccn2)ccc1Cl. The number of rotatable bonds is 4. The van der Waals surface area contributed by atoms with Crippen molar-refractivity contribution in [3.8, 4) is 11.3 Å². The van der Waals surface area contributed by atoms with Gasteiger partial charge in [0.1, 0.15) is 0 Å². The first-order valence-electron chi connectivity index (χ1n) is 8.30. The van der Waals surface area contributed by atoms with Gasteiger partial charge in [-0.1, -0.05) is 23.7 Å². The molecular weight excluding hydrogens is 324 g/mol. The molecule has 1 aromatic heterocycles. The van der Waals surface area contributed by atoms with E-state index in [1.807, 2.05) is 24.3 Å². The number of nitrogens with one attached hydrogen (secondary N) is 1. The summed E-state index contributed by atoms with van der Waals surface area (Å²) < 4.78 is 0. The van der Waals surface area contributed by atoms with Crippen LogP contribution in [-0.4, -0.2) is 28.6 Å². The summed E-state index contributed by atoms with van der Waals surface area (Å²) in [6, 6.07) is 11.2. The first-order valence-corrected chi connectivity index (χ1v) is 8.68. The van der Waals surface area contributed by atoms with Gasteiger partial charge in [0.15, 0.2) is 0 Å². The number of amides is 1. The molecule has 0 bridgehead atoms. The van der Waals surface area contributed by atoms with Gasteiger partial charge in [0, 0.05) is 24.4 Å². The van der Waals surface area contributed by atoms with E-state index in [9.17, 15) is 9.90 Å². The van der Waals surface area contributed by atoms with Gasteiger partial charge in [0.2, 0.25) is 0 Å². The van der Waals surface area contributed by atoms with Crippen molar-refractivity contribution in [2.24, 2.45) is 5.92 Å². The van der Waals surface area contributed by atoms with Gasteiger partial charge in [-0.25, -0.2) is 0 Å². The first-order chi connectivity index (χ1) is 11.7. The molecule has 126 valence electrons. The van der Waals surface area contributed by atoms with E-state index in [0.717, 1.165) is 36.9 Å². The minimum absolute atomic E-state index is 0.148. The number of carbonyl (C=O) groups excluding carboxylic acids is 1. The van der Waals surface area contributed by atoms with Gasteiger partial charge in [0.05, 0.1) is 16.3 Å². The van der Waals surface area contributed by atoms with Crippen LogP contribution in [0, 0.1) is 5.92 Å². The summed E-state index contributed by atoms with van der Waals surface area (Å²) in [7, 11) is 0. The first kappa shape index (κ1) is 16.9. The number of aliphatic hydroxyl groups excluding tert-OH is 1. The van der Waals surface area contributed by atoms with Crippen molar-refractivity contribution < 1.29 is 9.90 Å². The number of aliphatic hydroxyl groups is 1. The van der Waals surface area contributed by atoms with Gasteiger partial charge in [-0.15, -0.1) is 0 Å². The predicted molar refractivity (Wildman–Crippen MR) is 95.0 cm³/mol. The Balaban J connectivity index is 1.73. The molecule has 24 heavy (non-hydrogen) atoms. The Morgan fingerprint density at radius 2 is 2.00 bits per heavy atom. The maximum absolute atomic E-state index is 12.6. The van der Waals surface area contributed by atoms with E-state index in [4.69, 9.17) is 11.6 Å². The molecule has 1 saturated carbocycles. The average Bonchev–Trinajstić information content (AvgIpc) is 2.63. The quantitative estimate of drug-likeness (QED) is 0.889. The molecule has 0 atom stereocenters. The van der Waals surface area contributed by atoms with Gasteiger partial charge in [-0.2, -0.15) is 0 Å². The third kappa shape index (κ3) is 3.94. The predicted octanol–water partition coefficient (Wildman–Crippen LogP) is 3.68. The van der Waals surface area contributed by atoms with Crippen LogP contribution in [0.2, 0.25) is 5.02 Å². The van der Waals surface area contributed by atoms with Crippen LogP contribution in [0.25, 0.3) is 11.3 Å². The smallest absolute Gasteiger partial charge is 0.253 e. The summed E-state index contributed by atoms with van der Waals surface area (Å²) in [6.45, 7) is 0.235. The third-order valence-electron chi connectivity index (χ3n) is 4.61. The topological polar surface area (TPSA) is 62.2 Å². The van der Waals surface area contributed by atoms with E-state index >= 15 is 0 Å². The lowest BCUT2D eigenvalue weighted by Gasteiger charge is -2.28. The van der Waals surface area contributed by atoms with Crippen LogP contribution in [0.1, 0.15) is 36.0 Å². The van der Waals surface area contributed by atoms with Crippen molar-refractivity contribution in [3.05, 3.63) is 53.2 Å². The molecule has 2 aromatic rings. The van der Waals surface area contributed by atoms with E-state index in [1.54, 1.807) is 18.3 Å². The van der Waals surface area contributed by atoms with Crippen molar-refractivity contribution in [2.75, 3.05) is 6.61 Å². The number of hydrogen-bond donors (Lipinski definition) is 2. The number of halogens is 1. The fraction of sp³-hybridized carbons (Fsp3) is 0.368. The number of pyridine rings is 1. The molecular formula is C19H21ClN2O2. The van der Waals surface area contributed by atoms with Crippen LogP contribution in [0.4, 0.5) is 0 Å². The maximum atomic E-state index is 12.6. The zero-order chi connectivity index (χ0) is 16.9. The molecule has 1 heterocycles. The molecule has 1 aromatic carbocycles. The van der Waals surface area contributed by atoms with Crippen LogP contribution in [0.5, 0.6) is 0 Å². The van der Waals surface area contributed by atoms with Gasteiger partial charge in [-0.05, 0) is 55.9 Å². The number of carbonyl (C=O) groups is 1. The fourth-order valence-corrected chi connectivity index (χ4v) is 3.35. The van der Waals surface area contributed by atoms with E-state index in [-0.39, 0.29) is 18.6 Å². The zero-order valence-electron chi connectivity index (χ0n) is 13.4. The normalized spacial score (nSPS) is 20.6. The molecule has 0 unspecified atom stereocenters. The average molecular weight is 345 g/mol. The minimum Gasteiger partial charge on any atom is -0.396 e. The molecule has 3 rings (SSSR count). The molecule has 0 radical (unpaired) electrons. The van der Waals surface area contributed by atoms with E-state index in [2.05, 4.69) is 10.3 Å². The Labute approximate surface area is 146 Å². The Hall–Kier alpha value is -1.91. The summed E-state index contributed by atoms with van der Waals surface area (Å²) in [4.78, 5) is 16.9. The standard InChI is InChI=1S/C19H21ClN2O2/c20-17-9-6-14(18-3-1-2-10-21-18)11-16(17)19(24)22-15-7-4-13(12-23)5-8-15/h1-3,6,9-11,13,15,23H,4-5,7-8,12H2,(H,22,24). The lowest BCUT2D eigenvalue weighted by molar-refractivity contribution is 0.0914. The largest absolute Gasteiger partial charge is 0.396 e. The molecule has 2 N–H and O–H groups in total. The van der Waals surface area contributed by atoms with Crippen LogP contribution in [-0.2, 0) is 0 Å².